The van der Waals surface area contributed by atoms with Gasteiger partial charge in [-0.15, -0.1) is 0 Å². The third-order valence-corrected chi connectivity index (χ3v) is 4.02. The van der Waals surface area contributed by atoms with Crippen molar-refractivity contribution in [2.24, 2.45) is 0 Å². The summed E-state index contributed by atoms with van der Waals surface area (Å²) in [5, 5.41) is 0. The van der Waals surface area contributed by atoms with Crippen molar-refractivity contribution in [2.45, 2.75) is 38.7 Å². The second-order valence-corrected chi connectivity index (χ2v) is 7.05. The monoisotopic (exact) mass is 340 g/mol. The highest BCUT2D eigenvalue weighted by Gasteiger charge is 2.30. The van der Waals surface area contributed by atoms with E-state index in [1.807, 2.05) is 39.0 Å². The molecular weight excluding hydrogens is 320 g/mol. The molecule has 1 aromatic rings. The van der Waals surface area contributed by atoms with Gasteiger partial charge >= 0.3 is 6.09 Å². The number of amides is 1. The average molecular weight is 341 g/mol. The Morgan fingerprint density at radius 2 is 2.15 bits per heavy atom. The molecule has 1 fully saturated rings. The van der Waals surface area contributed by atoms with Crippen molar-refractivity contribution in [2.75, 3.05) is 18.8 Å². The van der Waals surface area contributed by atoms with Crippen LogP contribution in [0.2, 0.25) is 0 Å². The molecule has 2 rings (SSSR count). The summed E-state index contributed by atoms with van der Waals surface area (Å²) in [4.78, 5) is 13.8. The van der Waals surface area contributed by atoms with Gasteiger partial charge in [0, 0.05) is 29.2 Å². The van der Waals surface area contributed by atoms with Crippen LogP contribution in [0.4, 0.5) is 10.5 Å². The molecule has 1 amide bonds. The molecule has 5 heteroatoms. The SMILES string of the molecule is CC(C)(C)OC(=O)N1CCC(c2ccc(N)c(Br)c2)C1. The Morgan fingerprint density at radius 1 is 1.45 bits per heavy atom. The van der Waals surface area contributed by atoms with Gasteiger partial charge in [-0.1, -0.05) is 6.07 Å². The van der Waals surface area contributed by atoms with Gasteiger partial charge in [0.25, 0.3) is 0 Å². The molecule has 1 aliphatic rings. The minimum Gasteiger partial charge on any atom is -0.444 e. The average Bonchev–Trinajstić information content (AvgIpc) is 2.80. The second-order valence-electron chi connectivity index (χ2n) is 6.19. The number of benzene rings is 1. The van der Waals surface area contributed by atoms with E-state index in [2.05, 4.69) is 15.9 Å². The maximum absolute atomic E-state index is 12.0. The van der Waals surface area contributed by atoms with E-state index in [-0.39, 0.29) is 6.09 Å². The number of carbonyl (C=O) groups excluding carboxylic acids is 1. The Morgan fingerprint density at radius 3 is 2.75 bits per heavy atom. The van der Waals surface area contributed by atoms with Gasteiger partial charge in [0.1, 0.15) is 5.60 Å². The minimum atomic E-state index is -0.445. The van der Waals surface area contributed by atoms with Gasteiger partial charge in [-0.2, -0.15) is 0 Å². The molecule has 0 radical (unpaired) electrons. The zero-order chi connectivity index (χ0) is 14.9. The quantitative estimate of drug-likeness (QED) is 0.792. The first-order valence-corrected chi connectivity index (χ1v) is 7.58. The number of likely N-dealkylation sites (tertiary alicyclic amines) is 1. The summed E-state index contributed by atoms with van der Waals surface area (Å²) in [6.07, 6.45) is 0.727. The smallest absolute Gasteiger partial charge is 0.410 e. The molecule has 1 atom stereocenters. The van der Waals surface area contributed by atoms with Crippen LogP contribution in [-0.4, -0.2) is 29.7 Å². The Bertz CT molecular complexity index is 511. The van der Waals surface area contributed by atoms with E-state index in [1.54, 1.807) is 4.90 Å². The first-order valence-electron chi connectivity index (χ1n) is 6.79. The Kier molecular flexibility index (Phi) is 4.28. The molecule has 0 saturated carbocycles. The van der Waals surface area contributed by atoms with Gasteiger partial charge in [0.05, 0.1) is 0 Å². The van der Waals surface area contributed by atoms with Crippen molar-refractivity contribution in [3.63, 3.8) is 0 Å². The van der Waals surface area contributed by atoms with Gasteiger partial charge in [0.15, 0.2) is 0 Å². The standard InChI is InChI=1S/C15H21BrN2O2/c1-15(2,3)20-14(19)18-7-6-11(9-18)10-4-5-13(17)12(16)8-10/h4-5,8,11H,6-7,9,17H2,1-3H3. The van der Waals surface area contributed by atoms with E-state index in [4.69, 9.17) is 10.5 Å². The van der Waals surface area contributed by atoms with Crippen LogP contribution >= 0.6 is 15.9 Å². The molecule has 2 N–H and O–H groups in total. The number of halogens is 1. The lowest BCUT2D eigenvalue weighted by Gasteiger charge is -2.24. The van der Waals surface area contributed by atoms with Gasteiger partial charge in [-0.25, -0.2) is 4.79 Å². The van der Waals surface area contributed by atoms with E-state index < -0.39 is 5.60 Å². The minimum absolute atomic E-state index is 0.227. The fourth-order valence-electron chi connectivity index (χ4n) is 2.32. The summed E-state index contributed by atoms with van der Waals surface area (Å²) in [5.74, 6) is 0.347. The molecule has 1 heterocycles. The number of ether oxygens (including phenoxy) is 1. The van der Waals surface area contributed by atoms with Crippen LogP contribution in [0.3, 0.4) is 0 Å². The molecule has 1 unspecified atom stereocenters. The predicted molar refractivity (Wildman–Crippen MR) is 83.7 cm³/mol. The van der Waals surface area contributed by atoms with Gasteiger partial charge in [-0.05, 0) is 60.8 Å². The summed E-state index contributed by atoms with van der Waals surface area (Å²) in [7, 11) is 0. The zero-order valence-electron chi connectivity index (χ0n) is 12.1. The summed E-state index contributed by atoms with van der Waals surface area (Å²) in [5.41, 5.74) is 7.29. The molecule has 20 heavy (non-hydrogen) atoms. The molecule has 0 aromatic heterocycles. The van der Waals surface area contributed by atoms with Crippen LogP contribution in [-0.2, 0) is 4.74 Å². The zero-order valence-corrected chi connectivity index (χ0v) is 13.7. The Balaban J connectivity index is 2.01. The fraction of sp³-hybridized carbons (Fsp3) is 0.533. The number of nitrogen functional groups attached to an aromatic ring is 1. The summed E-state index contributed by atoms with van der Waals surface area (Å²) >= 11 is 3.45. The summed E-state index contributed by atoms with van der Waals surface area (Å²) in [6, 6.07) is 5.97. The van der Waals surface area contributed by atoms with Crippen LogP contribution in [0.5, 0.6) is 0 Å². The van der Waals surface area contributed by atoms with E-state index in [1.165, 1.54) is 5.56 Å². The van der Waals surface area contributed by atoms with Gasteiger partial charge in [-0.3, -0.25) is 0 Å². The molecule has 110 valence electrons. The lowest BCUT2D eigenvalue weighted by molar-refractivity contribution is 0.0292. The molecule has 1 aliphatic heterocycles. The number of hydrogen-bond acceptors (Lipinski definition) is 3. The molecule has 4 nitrogen and oxygen atoms in total. The van der Waals surface area contributed by atoms with Crippen LogP contribution in [0.25, 0.3) is 0 Å². The van der Waals surface area contributed by atoms with Crippen molar-refractivity contribution in [3.8, 4) is 0 Å². The number of nitrogens with zero attached hydrogens (tertiary/aromatic N) is 1. The maximum atomic E-state index is 12.0. The topological polar surface area (TPSA) is 55.6 Å². The van der Waals surface area contributed by atoms with Crippen LogP contribution in [0.15, 0.2) is 22.7 Å². The predicted octanol–water partition coefficient (Wildman–Crippen LogP) is 3.76. The van der Waals surface area contributed by atoms with E-state index >= 15 is 0 Å². The third kappa shape index (κ3) is 3.66. The number of rotatable bonds is 1. The van der Waals surface area contributed by atoms with Crippen LogP contribution < -0.4 is 5.73 Å². The first-order chi connectivity index (χ1) is 9.26. The molecule has 1 aromatic carbocycles. The number of hydrogen-bond donors (Lipinski definition) is 1. The van der Waals surface area contributed by atoms with E-state index in [0.717, 1.165) is 23.1 Å². The van der Waals surface area contributed by atoms with E-state index in [0.29, 0.717) is 12.5 Å². The summed E-state index contributed by atoms with van der Waals surface area (Å²) < 4.78 is 6.31. The lowest BCUT2D eigenvalue weighted by atomic mass is 9.98. The van der Waals surface area contributed by atoms with Crippen molar-refractivity contribution in [1.82, 2.24) is 4.90 Å². The highest BCUT2D eigenvalue weighted by Crippen LogP contribution is 2.31. The van der Waals surface area contributed by atoms with Crippen LogP contribution in [0.1, 0.15) is 38.7 Å². The van der Waals surface area contributed by atoms with Gasteiger partial charge in [0.2, 0.25) is 0 Å². The Labute approximate surface area is 128 Å². The third-order valence-electron chi connectivity index (χ3n) is 3.34. The lowest BCUT2D eigenvalue weighted by Crippen LogP contribution is -2.35. The largest absolute Gasteiger partial charge is 0.444 e. The second kappa shape index (κ2) is 5.64. The van der Waals surface area contributed by atoms with Gasteiger partial charge < -0.3 is 15.4 Å². The van der Waals surface area contributed by atoms with Crippen molar-refractivity contribution in [3.05, 3.63) is 28.2 Å². The molecule has 0 aliphatic carbocycles. The fourth-order valence-corrected chi connectivity index (χ4v) is 2.72. The molecular formula is C15H21BrN2O2. The normalized spacial score (nSPS) is 19.2. The molecule has 1 saturated heterocycles. The Hall–Kier alpha value is -1.23. The maximum Gasteiger partial charge on any atom is 0.410 e. The highest BCUT2D eigenvalue weighted by molar-refractivity contribution is 9.10. The van der Waals surface area contributed by atoms with Crippen molar-refractivity contribution < 1.29 is 9.53 Å². The van der Waals surface area contributed by atoms with Crippen molar-refractivity contribution in [1.29, 1.82) is 0 Å². The number of anilines is 1. The number of carbonyl (C=O) groups is 1. The highest BCUT2D eigenvalue weighted by atomic mass is 79.9. The van der Waals surface area contributed by atoms with E-state index in [9.17, 15) is 4.79 Å². The summed E-state index contributed by atoms with van der Waals surface area (Å²) in [6.45, 7) is 7.09. The molecule has 0 spiro atoms. The first kappa shape index (κ1) is 15.2. The molecule has 0 bridgehead atoms. The number of nitrogens with two attached hydrogens (primary N) is 1. The van der Waals surface area contributed by atoms with Crippen LogP contribution in [0, 0.1) is 0 Å². The van der Waals surface area contributed by atoms with Crippen molar-refractivity contribution >= 4 is 27.7 Å².